The van der Waals surface area contributed by atoms with E-state index < -0.39 is 0 Å². The molecule has 4 saturated carbocycles. The van der Waals surface area contributed by atoms with Crippen LogP contribution in [0.5, 0.6) is 0 Å². The van der Waals surface area contributed by atoms with Crippen molar-refractivity contribution in [3.05, 3.63) is 35.4 Å². The van der Waals surface area contributed by atoms with Gasteiger partial charge in [0.15, 0.2) is 0 Å². The molecule has 0 heterocycles. The van der Waals surface area contributed by atoms with Gasteiger partial charge >= 0.3 is 0 Å². The lowest BCUT2D eigenvalue weighted by Crippen LogP contribution is -2.55. The largest absolute Gasteiger partial charge is 0.271 e. The molecule has 0 aromatic heterocycles. The second-order valence-electron chi connectivity index (χ2n) is 7.97. The first-order valence-corrected chi connectivity index (χ1v) is 8.74. The zero-order valence-corrected chi connectivity index (χ0v) is 13.1. The molecule has 3 N–H and O–H groups in total. The van der Waals surface area contributed by atoms with Crippen molar-refractivity contribution >= 4 is 0 Å². The van der Waals surface area contributed by atoms with Gasteiger partial charge in [0.1, 0.15) is 0 Å². The fraction of sp³-hybridized carbons (Fsp3) is 0.684. The molecule has 1 aromatic carbocycles. The Morgan fingerprint density at radius 2 is 1.57 bits per heavy atom. The first kappa shape index (κ1) is 13.8. The van der Waals surface area contributed by atoms with Gasteiger partial charge in [-0.25, -0.2) is 0 Å². The molecule has 0 radical (unpaired) electrons. The van der Waals surface area contributed by atoms with E-state index in [4.69, 9.17) is 5.84 Å². The molecule has 0 amide bonds. The summed E-state index contributed by atoms with van der Waals surface area (Å²) in [7, 11) is 0. The van der Waals surface area contributed by atoms with E-state index in [2.05, 4.69) is 36.6 Å². The first-order chi connectivity index (χ1) is 10.2. The summed E-state index contributed by atoms with van der Waals surface area (Å²) in [5, 5.41) is 0. The molecule has 2 nitrogen and oxygen atoms in total. The van der Waals surface area contributed by atoms with Gasteiger partial charge < -0.3 is 0 Å². The lowest BCUT2D eigenvalue weighted by molar-refractivity contribution is -0.0517. The van der Waals surface area contributed by atoms with Crippen molar-refractivity contribution in [2.45, 2.75) is 51.5 Å². The van der Waals surface area contributed by atoms with Gasteiger partial charge in [-0.2, -0.15) is 0 Å². The Morgan fingerprint density at radius 3 is 2.10 bits per heavy atom. The second kappa shape index (κ2) is 5.40. The predicted octanol–water partition coefficient (Wildman–Crippen LogP) is 3.44. The lowest BCUT2D eigenvalue weighted by Gasteiger charge is -2.56. The zero-order chi connectivity index (χ0) is 14.4. The third kappa shape index (κ3) is 2.53. The van der Waals surface area contributed by atoms with Crippen LogP contribution < -0.4 is 11.3 Å². The van der Waals surface area contributed by atoms with Crippen molar-refractivity contribution in [3.8, 4) is 0 Å². The van der Waals surface area contributed by atoms with Gasteiger partial charge in [0.2, 0.25) is 0 Å². The SMILES string of the molecule is Cc1ccc(CC(NN)C2C3CC4CC(C3)CC2C4)cc1. The van der Waals surface area contributed by atoms with E-state index in [1.165, 1.54) is 43.2 Å². The minimum absolute atomic E-state index is 0.461. The minimum atomic E-state index is 0.461. The molecule has 1 atom stereocenters. The second-order valence-corrected chi connectivity index (χ2v) is 7.97. The fourth-order valence-corrected chi connectivity index (χ4v) is 5.91. The zero-order valence-electron chi connectivity index (χ0n) is 13.1. The molecule has 4 fully saturated rings. The first-order valence-electron chi connectivity index (χ1n) is 8.74. The molecule has 5 rings (SSSR count). The molecule has 114 valence electrons. The normalized spacial score (nSPS) is 38.7. The molecule has 4 bridgehead atoms. The van der Waals surface area contributed by atoms with Gasteiger partial charge in [-0.05, 0) is 80.6 Å². The Balaban J connectivity index is 1.51. The molecule has 0 spiro atoms. The average Bonchev–Trinajstić information content (AvgIpc) is 2.47. The molecule has 2 heteroatoms. The van der Waals surface area contributed by atoms with E-state index in [1.807, 2.05) is 0 Å². The molecule has 4 aliphatic carbocycles. The van der Waals surface area contributed by atoms with Crippen molar-refractivity contribution in [1.82, 2.24) is 5.43 Å². The van der Waals surface area contributed by atoms with Gasteiger partial charge in [-0.1, -0.05) is 29.8 Å². The van der Waals surface area contributed by atoms with Crippen molar-refractivity contribution in [1.29, 1.82) is 0 Å². The van der Waals surface area contributed by atoms with Crippen LogP contribution >= 0.6 is 0 Å². The third-order valence-corrected chi connectivity index (χ3v) is 6.55. The highest BCUT2D eigenvalue weighted by Gasteiger charge is 2.50. The van der Waals surface area contributed by atoms with E-state index in [0.717, 1.165) is 36.0 Å². The smallest absolute Gasteiger partial charge is 0.0284 e. The Bertz CT molecular complexity index is 465. The molecular formula is C19H28N2. The summed E-state index contributed by atoms with van der Waals surface area (Å²) >= 11 is 0. The average molecular weight is 284 g/mol. The molecule has 0 saturated heterocycles. The van der Waals surface area contributed by atoms with Crippen molar-refractivity contribution < 1.29 is 0 Å². The Kier molecular flexibility index (Phi) is 3.55. The molecular weight excluding hydrogens is 256 g/mol. The summed E-state index contributed by atoms with van der Waals surface area (Å²) in [4.78, 5) is 0. The number of hydrogen-bond acceptors (Lipinski definition) is 2. The molecule has 1 unspecified atom stereocenters. The monoisotopic (exact) mass is 284 g/mol. The number of nitrogens with two attached hydrogens (primary N) is 1. The summed E-state index contributed by atoms with van der Waals surface area (Å²) in [6.07, 6.45) is 8.52. The number of hydrazine groups is 1. The Hall–Kier alpha value is -0.860. The van der Waals surface area contributed by atoms with Gasteiger partial charge in [-0.15, -0.1) is 0 Å². The summed E-state index contributed by atoms with van der Waals surface area (Å²) in [5.74, 6) is 10.8. The van der Waals surface area contributed by atoms with Crippen LogP contribution in [0.2, 0.25) is 0 Å². The van der Waals surface area contributed by atoms with Crippen LogP contribution in [0.1, 0.15) is 43.2 Å². The lowest BCUT2D eigenvalue weighted by atomic mass is 9.50. The molecule has 21 heavy (non-hydrogen) atoms. The van der Waals surface area contributed by atoms with Crippen LogP contribution in [-0.2, 0) is 6.42 Å². The molecule has 1 aromatic rings. The maximum Gasteiger partial charge on any atom is 0.0284 e. The number of rotatable bonds is 4. The van der Waals surface area contributed by atoms with Gasteiger partial charge in [0.25, 0.3) is 0 Å². The summed E-state index contributed by atoms with van der Waals surface area (Å²) < 4.78 is 0. The van der Waals surface area contributed by atoms with Crippen LogP contribution in [0.25, 0.3) is 0 Å². The van der Waals surface area contributed by atoms with Crippen molar-refractivity contribution in [2.75, 3.05) is 0 Å². The van der Waals surface area contributed by atoms with Gasteiger partial charge in [0.05, 0.1) is 0 Å². The maximum absolute atomic E-state index is 5.98. The number of nitrogens with one attached hydrogen (secondary N) is 1. The fourth-order valence-electron chi connectivity index (χ4n) is 5.91. The van der Waals surface area contributed by atoms with Gasteiger partial charge in [0, 0.05) is 6.04 Å². The Labute approximate surface area is 128 Å². The topological polar surface area (TPSA) is 38.0 Å². The summed E-state index contributed by atoms with van der Waals surface area (Å²) in [6.45, 7) is 2.15. The maximum atomic E-state index is 5.98. The number of hydrogen-bond donors (Lipinski definition) is 2. The van der Waals surface area contributed by atoms with Crippen molar-refractivity contribution in [2.24, 2.45) is 35.4 Å². The summed E-state index contributed by atoms with van der Waals surface area (Å²) in [5.41, 5.74) is 5.96. The number of aryl methyl sites for hydroxylation is 1. The van der Waals surface area contributed by atoms with E-state index in [1.54, 1.807) is 0 Å². The Morgan fingerprint density at radius 1 is 1.00 bits per heavy atom. The number of benzene rings is 1. The van der Waals surface area contributed by atoms with Crippen LogP contribution in [0.4, 0.5) is 0 Å². The highest BCUT2D eigenvalue weighted by Crippen LogP contribution is 2.57. The quantitative estimate of drug-likeness (QED) is 0.656. The van der Waals surface area contributed by atoms with E-state index in [0.29, 0.717) is 6.04 Å². The highest BCUT2D eigenvalue weighted by molar-refractivity contribution is 5.22. The van der Waals surface area contributed by atoms with Gasteiger partial charge in [-0.3, -0.25) is 11.3 Å². The van der Waals surface area contributed by atoms with E-state index >= 15 is 0 Å². The van der Waals surface area contributed by atoms with Crippen LogP contribution in [0, 0.1) is 36.5 Å². The predicted molar refractivity (Wildman–Crippen MR) is 86.5 cm³/mol. The van der Waals surface area contributed by atoms with E-state index in [9.17, 15) is 0 Å². The van der Waals surface area contributed by atoms with Crippen LogP contribution in [-0.4, -0.2) is 6.04 Å². The van der Waals surface area contributed by atoms with Crippen LogP contribution in [0.3, 0.4) is 0 Å². The highest BCUT2D eigenvalue weighted by atomic mass is 15.2. The standard InChI is InChI=1S/C19H28N2/c1-12-2-4-13(5-3-12)11-18(21-20)19-16-7-14-6-15(9-16)10-17(19)8-14/h2-5,14-19,21H,6-11,20H2,1H3. The third-order valence-electron chi connectivity index (χ3n) is 6.55. The molecule has 4 aliphatic rings. The van der Waals surface area contributed by atoms with E-state index in [-0.39, 0.29) is 0 Å². The van der Waals surface area contributed by atoms with Crippen molar-refractivity contribution in [3.63, 3.8) is 0 Å². The minimum Gasteiger partial charge on any atom is -0.271 e. The van der Waals surface area contributed by atoms with Crippen LogP contribution in [0.15, 0.2) is 24.3 Å². The summed E-state index contributed by atoms with van der Waals surface area (Å²) in [6, 6.07) is 9.45. The molecule has 0 aliphatic heterocycles.